The number of aryl methyl sites for hydroxylation is 2. The maximum atomic E-state index is 12.1. The van der Waals surface area contributed by atoms with Gasteiger partial charge in [-0.2, -0.15) is 0 Å². The molecule has 1 saturated carbocycles. The van der Waals surface area contributed by atoms with Crippen LogP contribution in [-0.2, 0) is 21.3 Å². The first-order valence-electron chi connectivity index (χ1n) is 7.74. The largest absolute Gasteiger partial charge is 0.355 e. The van der Waals surface area contributed by atoms with Crippen molar-refractivity contribution in [3.63, 3.8) is 0 Å². The smallest absolute Gasteiger partial charge is 0.223 e. The highest BCUT2D eigenvalue weighted by Crippen LogP contribution is 2.24. The van der Waals surface area contributed by atoms with Crippen molar-refractivity contribution < 1.29 is 9.00 Å². The molecule has 0 heterocycles. The highest BCUT2D eigenvalue weighted by atomic mass is 32.2. The van der Waals surface area contributed by atoms with Gasteiger partial charge in [0.1, 0.15) is 0 Å². The molecule has 1 aromatic rings. The van der Waals surface area contributed by atoms with Crippen molar-refractivity contribution in [2.24, 2.45) is 5.92 Å². The van der Waals surface area contributed by atoms with Crippen molar-refractivity contribution in [2.45, 2.75) is 45.3 Å². The lowest BCUT2D eigenvalue weighted by Gasteiger charge is -2.10. The molecule has 0 saturated heterocycles. The molecule has 0 unspecified atom stereocenters. The molecular formula is C17H25NO2S. The van der Waals surface area contributed by atoms with Gasteiger partial charge in [-0.05, 0) is 32.3 Å². The summed E-state index contributed by atoms with van der Waals surface area (Å²) in [5.41, 5.74) is 3.53. The Kier molecular flexibility index (Phi) is 5.97. The zero-order valence-corrected chi connectivity index (χ0v) is 13.8. The van der Waals surface area contributed by atoms with Crippen LogP contribution in [0, 0.1) is 19.8 Å². The molecule has 116 valence electrons. The summed E-state index contributed by atoms with van der Waals surface area (Å²) in [6.45, 7) is 4.63. The maximum absolute atomic E-state index is 12.1. The summed E-state index contributed by atoms with van der Waals surface area (Å²) < 4.78 is 12.1. The van der Waals surface area contributed by atoms with Crippen LogP contribution in [0.25, 0.3) is 0 Å². The van der Waals surface area contributed by atoms with Gasteiger partial charge in [0.15, 0.2) is 0 Å². The van der Waals surface area contributed by atoms with E-state index in [1.807, 2.05) is 0 Å². The first kappa shape index (κ1) is 16.2. The Morgan fingerprint density at radius 1 is 1.19 bits per heavy atom. The van der Waals surface area contributed by atoms with Crippen molar-refractivity contribution >= 4 is 16.7 Å². The van der Waals surface area contributed by atoms with Crippen LogP contribution >= 0.6 is 0 Å². The normalized spacial score (nSPS) is 16.9. The Morgan fingerprint density at radius 3 is 2.43 bits per heavy atom. The minimum absolute atomic E-state index is 0.149. The van der Waals surface area contributed by atoms with E-state index in [0.29, 0.717) is 18.1 Å². The standard InChI is InChI=1S/C17H25NO2S/c1-13-9-14(2)11-15(10-13)12-21(20)8-7-18-17(19)16-5-3-4-6-16/h9-11,16H,3-8,12H2,1-2H3,(H,18,19)/t21-/m0/s1. The fourth-order valence-corrected chi connectivity index (χ4v) is 4.04. The van der Waals surface area contributed by atoms with Crippen LogP contribution < -0.4 is 5.32 Å². The Morgan fingerprint density at radius 2 is 1.81 bits per heavy atom. The van der Waals surface area contributed by atoms with Crippen LogP contribution in [0.3, 0.4) is 0 Å². The number of hydrogen-bond acceptors (Lipinski definition) is 2. The summed E-state index contributed by atoms with van der Waals surface area (Å²) in [6, 6.07) is 6.29. The molecule has 1 fully saturated rings. The third kappa shape index (κ3) is 5.27. The third-order valence-corrected chi connectivity index (χ3v) is 5.28. The van der Waals surface area contributed by atoms with Crippen molar-refractivity contribution in [2.75, 3.05) is 12.3 Å². The molecule has 2 rings (SSSR count). The highest BCUT2D eigenvalue weighted by Gasteiger charge is 2.22. The average molecular weight is 307 g/mol. The van der Waals surface area contributed by atoms with E-state index in [1.165, 1.54) is 11.1 Å². The zero-order valence-electron chi connectivity index (χ0n) is 13.0. The van der Waals surface area contributed by atoms with Gasteiger partial charge in [-0.1, -0.05) is 42.2 Å². The summed E-state index contributed by atoms with van der Waals surface area (Å²) in [4.78, 5) is 11.9. The van der Waals surface area contributed by atoms with Crippen LogP contribution in [0.5, 0.6) is 0 Å². The first-order valence-corrected chi connectivity index (χ1v) is 9.23. The van der Waals surface area contributed by atoms with E-state index in [1.54, 1.807) is 0 Å². The molecule has 4 heteroatoms. The Bertz CT molecular complexity index is 501. The van der Waals surface area contributed by atoms with Gasteiger partial charge in [-0.25, -0.2) is 0 Å². The molecule has 0 aromatic heterocycles. The maximum Gasteiger partial charge on any atom is 0.223 e. The molecule has 21 heavy (non-hydrogen) atoms. The lowest BCUT2D eigenvalue weighted by atomic mass is 10.1. The average Bonchev–Trinajstić information content (AvgIpc) is 2.90. The minimum atomic E-state index is -0.920. The van der Waals surface area contributed by atoms with Gasteiger partial charge in [-0.3, -0.25) is 9.00 Å². The Hall–Kier alpha value is -1.16. The van der Waals surface area contributed by atoms with E-state index in [2.05, 4.69) is 37.4 Å². The van der Waals surface area contributed by atoms with E-state index in [4.69, 9.17) is 0 Å². The quantitative estimate of drug-likeness (QED) is 0.878. The second-order valence-electron chi connectivity index (χ2n) is 6.06. The molecule has 3 nitrogen and oxygen atoms in total. The summed E-state index contributed by atoms with van der Waals surface area (Å²) in [7, 11) is -0.920. The molecule has 1 amide bonds. The van der Waals surface area contributed by atoms with Gasteiger partial charge in [0, 0.05) is 34.8 Å². The fraction of sp³-hybridized carbons (Fsp3) is 0.588. The second-order valence-corrected chi connectivity index (χ2v) is 7.63. The van der Waals surface area contributed by atoms with Crippen LogP contribution in [-0.4, -0.2) is 22.4 Å². The Balaban J connectivity index is 1.73. The highest BCUT2D eigenvalue weighted by molar-refractivity contribution is 7.84. The van der Waals surface area contributed by atoms with Gasteiger partial charge < -0.3 is 5.32 Å². The summed E-state index contributed by atoms with van der Waals surface area (Å²) in [5, 5.41) is 2.93. The fourth-order valence-electron chi connectivity index (χ4n) is 3.03. The van der Waals surface area contributed by atoms with Crippen LogP contribution in [0.4, 0.5) is 0 Å². The summed E-state index contributed by atoms with van der Waals surface area (Å²) >= 11 is 0. The Labute approximate surface area is 130 Å². The number of rotatable bonds is 6. The number of carbonyl (C=O) groups excluding carboxylic acids is 1. The van der Waals surface area contributed by atoms with Crippen molar-refractivity contribution in [3.8, 4) is 0 Å². The summed E-state index contributed by atoms with van der Waals surface area (Å²) in [5.74, 6) is 1.45. The van der Waals surface area contributed by atoms with E-state index in [9.17, 15) is 9.00 Å². The van der Waals surface area contributed by atoms with E-state index in [0.717, 1.165) is 31.2 Å². The van der Waals surface area contributed by atoms with Gasteiger partial charge in [-0.15, -0.1) is 0 Å². The molecule has 0 spiro atoms. The van der Waals surface area contributed by atoms with Crippen LogP contribution in [0.1, 0.15) is 42.4 Å². The van der Waals surface area contributed by atoms with E-state index >= 15 is 0 Å². The van der Waals surface area contributed by atoms with Crippen molar-refractivity contribution in [1.29, 1.82) is 0 Å². The van der Waals surface area contributed by atoms with E-state index < -0.39 is 10.8 Å². The topological polar surface area (TPSA) is 46.2 Å². The molecule has 1 aliphatic carbocycles. The predicted molar refractivity (Wildman–Crippen MR) is 87.6 cm³/mol. The monoisotopic (exact) mass is 307 g/mol. The van der Waals surface area contributed by atoms with Gasteiger partial charge >= 0.3 is 0 Å². The lowest BCUT2D eigenvalue weighted by molar-refractivity contribution is -0.124. The van der Waals surface area contributed by atoms with Crippen molar-refractivity contribution in [3.05, 3.63) is 34.9 Å². The van der Waals surface area contributed by atoms with Crippen LogP contribution in [0.2, 0.25) is 0 Å². The molecule has 0 aliphatic heterocycles. The minimum Gasteiger partial charge on any atom is -0.355 e. The van der Waals surface area contributed by atoms with Gasteiger partial charge in [0.25, 0.3) is 0 Å². The summed E-state index contributed by atoms with van der Waals surface area (Å²) in [6.07, 6.45) is 4.35. The SMILES string of the molecule is Cc1cc(C)cc(C[S@@](=O)CCNC(=O)C2CCCC2)c1. The second kappa shape index (κ2) is 7.74. The predicted octanol–water partition coefficient (Wildman–Crippen LogP) is 2.86. The molecule has 0 bridgehead atoms. The molecule has 0 radical (unpaired) electrons. The lowest BCUT2D eigenvalue weighted by Crippen LogP contribution is -2.32. The number of benzene rings is 1. The molecule has 1 aliphatic rings. The van der Waals surface area contributed by atoms with Crippen molar-refractivity contribution in [1.82, 2.24) is 5.32 Å². The number of nitrogens with one attached hydrogen (secondary N) is 1. The molecule has 1 atom stereocenters. The number of hydrogen-bond donors (Lipinski definition) is 1. The number of amides is 1. The molecule has 1 aromatic carbocycles. The van der Waals surface area contributed by atoms with Gasteiger partial charge in [0.2, 0.25) is 5.91 Å². The third-order valence-electron chi connectivity index (χ3n) is 3.96. The first-order chi connectivity index (χ1) is 10.0. The zero-order chi connectivity index (χ0) is 15.2. The molecular weight excluding hydrogens is 282 g/mol. The van der Waals surface area contributed by atoms with Crippen LogP contribution in [0.15, 0.2) is 18.2 Å². The molecule has 1 N–H and O–H groups in total. The van der Waals surface area contributed by atoms with E-state index in [-0.39, 0.29) is 11.8 Å². The number of carbonyl (C=O) groups is 1. The van der Waals surface area contributed by atoms with Gasteiger partial charge in [0.05, 0.1) is 0 Å².